The monoisotopic (exact) mass is 437 g/mol. The van der Waals surface area contributed by atoms with E-state index < -0.39 is 0 Å². The lowest BCUT2D eigenvalue weighted by Crippen LogP contribution is -2.25. The van der Waals surface area contributed by atoms with Gasteiger partial charge in [0.1, 0.15) is 4.83 Å². The Morgan fingerprint density at radius 3 is 2.77 bits per heavy atom. The fourth-order valence-corrected chi connectivity index (χ4v) is 4.70. The van der Waals surface area contributed by atoms with Gasteiger partial charge in [-0.25, -0.2) is 9.97 Å². The van der Waals surface area contributed by atoms with Crippen molar-refractivity contribution >= 4 is 33.4 Å². The molecule has 3 aromatic rings. The van der Waals surface area contributed by atoms with Crippen molar-refractivity contribution in [1.29, 1.82) is 0 Å². The lowest BCUT2D eigenvalue weighted by molar-refractivity contribution is 0.0951. The van der Waals surface area contributed by atoms with Crippen LogP contribution in [-0.4, -0.2) is 53.0 Å². The zero-order valence-corrected chi connectivity index (χ0v) is 19.4. The normalized spacial score (nSPS) is 13.7. The van der Waals surface area contributed by atoms with Crippen LogP contribution in [0.25, 0.3) is 20.7 Å². The lowest BCUT2D eigenvalue weighted by Gasteiger charge is -2.17. The molecule has 1 fully saturated rings. The van der Waals surface area contributed by atoms with E-state index in [1.165, 1.54) is 0 Å². The summed E-state index contributed by atoms with van der Waals surface area (Å²) in [6.45, 7) is 10.6. The number of amides is 1. The maximum atomic E-state index is 12.5. The van der Waals surface area contributed by atoms with Crippen molar-refractivity contribution in [2.45, 2.75) is 46.1 Å². The van der Waals surface area contributed by atoms with E-state index in [1.807, 2.05) is 24.4 Å². The van der Waals surface area contributed by atoms with Crippen LogP contribution in [0.3, 0.4) is 0 Å². The molecular formula is C24H31N5OS. The number of thiophene rings is 1. The zero-order chi connectivity index (χ0) is 21.8. The summed E-state index contributed by atoms with van der Waals surface area (Å²) in [5, 5.41) is 7.45. The molecule has 0 aliphatic heterocycles. The molecule has 1 aliphatic carbocycles. The largest absolute Gasteiger partial charge is 0.354 e. The van der Waals surface area contributed by atoms with Gasteiger partial charge in [-0.15, -0.1) is 11.3 Å². The van der Waals surface area contributed by atoms with Crippen LogP contribution in [0.2, 0.25) is 0 Å². The van der Waals surface area contributed by atoms with Crippen molar-refractivity contribution in [2.24, 2.45) is 0 Å². The summed E-state index contributed by atoms with van der Waals surface area (Å²) in [4.78, 5) is 26.2. The van der Waals surface area contributed by atoms with Crippen molar-refractivity contribution < 1.29 is 4.79 Å². The number of anilines is 1. The Bertz CT molecular complexity index is 1060. The fraction of sp³-hybridized carbons (Fsp3) is 0.458. The Kier molecular flexibility index (Phi) is 6.83. The van der Waals surface area contributed by atoms with Gasteiger partial charge in [0.2, 0.25) is 5.95 Å². The molecule has 0 bridgehead atoms. The summed E-state index contributed by atoms with van der Waals surface area (Å²) in [6, 6.07) is 8.40. The molecule has 0 atom stereocenters. The average Bonchev–Trinajstić information content (AvgIpc) is 3.49. The molecule has 1 saturated carbocycles. The van der Waals surface area contributed by atoms with Crippen molar-refractivity contribution in [1.82, 2.24) is 20.2 Å². The molecule has 2 aromatic heterocycles. The predicted molar refractivity (Wildman–Crippen MR) is 129 cm³/mol. The van der Waals surface area contributed by atoms with E-state index in [0.717, 1.165) is 71.7 Å². The van der Waals surface area contributed by atoms with Gasteiger partial charge >= 0.3 is 0 Å². The molecule has 31 heavy (non-hydrogen) atoms. The van der Waals surface area contributed by atoms with Crippen LogP contribution in [0.1, 0.15) is 49.0 Å². The number of aromatic nitrogens is 2. The van der Waals surface area contributed by atoms with Crippen LogP contribution >= 0.6 is 11.3 Å². The van der Waals surface area contributed by atoms with E-state index in [0.29, 0.717) is 17.6 Å². The third-order valence-electron chi connectivity index (χ3n) is 5.78. The van der Waals surface area contributed by atoms with Gasteiger partial charge in [0.05, 0.1) is 0 Å². The molecule has 0 spiro atoms. The molecule has 164 valence electrons. The summed E-state index contributed by atoms with van der Waals surface area (Å²) in [7, 11) is 0. The summed E-state index contributed by atoms with van der Waals surface area (Å²) in [5.41, 5.74) is 2.95. The van der Waals surface area contributed by atoms with Crippen LogP contribution in [0.4, 0.5) is 5.95 Å². The van der Waals surface area contributed by atoms with Crippen molar-refractivity contribution in [3.63, 3.8) is 0 Å². The number of nitrogens with zero attached hydrogens (tertiary/aromatic N) is 3. The second-order valence-corrected chi connectivity index (χ2v) is 9.18. The fourth-order valence-electron chi connectivity index (χ4n) is 3.62. The standard InChI is InChI=1S/C24H31N5OS/c1-4-29(5-2)12-6-11-25-24-26-15-18-14-21(31-23(18)28-24)20-13-17(8-7-16(20)3)22(30)27-19-9-10-19/h7-8,13-15,19H,4-6,9-12H2,1-3H3,(H,27,30)(H,25,26,28). The van der Waals surface area contributed by atoms with Crippen LogP contribution in [0.5, 0.6) is 0 Å². The van der Waals surface area contributed by atoms with Crippen LogP contribution in [0, 0.1) is 6.92 Å². The minimum atomic E-state index is 0.0147. The highest BCUT2D eigenvalue weighted by atomic mass is 32.1. The first-order valence-electron chi connectivity index (χ1n) is 11.2. The first kappa shape index (κ1) is 21.7. The number of carbonyl (C=O) groups is 1. The second kappa shape index (κ2) is 9.75. The molecule has 2 heterocycles. The van der Waals surface area contributed by atoms with Crippen molar-refractivity contribution in [2.75, 3.05) is 31.5 Å². The van der Waals surface area contributed by atoms with Crippen LogP contribution in [-0.2, 0) is 0 Å². The van der Waals surface area contributed by atoms with E-state index in [9.17, 15) is 4.79 Å². The maximum Gasteiger partial charge on any atom is 0.251 e. The Morgan fingerprint density at radius 2 is 2.03 bits per heavy atom. The van der Waals surface area contributed by atoms with Gasteiger partial charge in [0.25, 0.3) is 5.91 Å². The smallest absolute Gasteiger partial charge is 0.251 e. The first-order chi connectivity index (χ1) is 15.1. The molecule has 7 heteroatoms. The number of hydrogen-bond acceptors (Lipinski definition) is 6. The quantitative estimate of drug-likeness (QED) is 0.450. The second-order valence-electron chi connectivity index (χ2n) is 8.15. The van der Waals surface area contributed by atoms with E-state index in [4.69, 9.17) is 4.98 Å². The van der Waals surface area contributed by atoms with Crippen LogP contribution < -0.4 is 10.6 Å². The van der Waals surface area contributed by atoms with Crippen LogP contribution in [0.15, 0.2) is 30.5 Å². The molecular weight excluding hydrogens is 406 g/mol. The molecule has 1 aliphatic rings. The van der Waals surface area contributed by atoms with E-state index >= 15 is 0 Å². The number of nitrogens with one attached hydrogen (secondary N) is 2. The molecule has 2 N–H and O–H groups in total. The SMILES string of the molecule is CCN(CC)CCCNc1ncc2cc(-c3cc(C(=O)NC4CC4)ccc3C)sc2n1. The third-order valence-corrected chi connectivity index (χ3v) is 6.86. The number of fused-ring (bicyclic) bond motifs is 1. The van der Waals surface area contributed by atoms with Crippen molar-refractivity contribution in [3.05, 3.63) is 41.6 Å². The van der Waals surface area contributed by atoms with Gasteiger partial charge in [0, 0.05) is 34.6 Å². The minimum absolute atomic E-state index is 0.0147. The minimum Gasteiger partial charge on any atom is -0.354 e. The highest BCUT2D eigenvalue weighted by Gasteiger charge is 2.24. The molecule has 6 nitrogen and oxygen atoms in total. The Balaban J connectivity index is 1.47. The van der Waals surface area contributed by atoms with E-state index in [1.54, 1.807) is 11.3 Å². The van der Waals surface area contributed by atoms with Gasteiger partial charge in [-0.1, -0.05) is 19.9 Å². The maximum absolute atomic E-state index is 12.5. The zero-order valence-electron chi connectivity index (χ0n) is 18.6. The highest BCUT2D eigenvalue weighted by Crippen LogP contribution is 2.35. The molecule has 0 unspecified atom stereocenters. The van der Waals surface area contributed by atoms with Gasteiger partial charge < -0.3 is 15.5 Å². The Morgan fingerprint density at radius 1 is 1.23 bits per heavy atom. The number of rotatable bonds is 10. The Labute approximate surface area is 188 Å². The topological polar surface area (TPSA) is 70.2 Å². The summed E-state index contributed by atoms with van der Waals surface area (Å²) in [5.74, 6) is 0.690. The van der Waals surface area contributed by atoms with Gasteiger partial charge in [-0.2, -0.15) is 0 Å². The van der Waals surface area contributed by atoms with E-state index in [-0.39, 0.29) is 5.91 Å². The van der Waals surface area contributed by atoms with E-state index in [2.05, 4.69) is 47.4 Å². The van der Waals surface area contributed by atoms with Gasteiger partial charge in [-0.3, -0.25) is 4.79 Å². The molecule has 0 saturated heterocycles. The van der Waals surface area contributed by atoms with Crippen molar-refractivity contribution in [3.8, 4) is 10.4 Å². The average molecular weight is 438 g/mol. The molecule has 0 radical (unpaired) electrons. The summed E-state index contributed by atoms with van der Waals surface area (Å²) in [6.07, 6.45) is 5.12. The summed E-state index contributed by atoms with van der Waals surface area (Å²) < 4.78 is 0. The molecule has 1 amide bonds. The highest BCUT2D eigenvalue weighted by molar-refractivity contribution is 7.21. The first-order valence-corrected chi connectivity index (χ1v) is 12.0. The summed E-state index contributed by atoms with van der Waals surface area (Å²) >= 11 is 1.65. The number of carbonyl (C=O) groups excluding carboxylic acids is 1. The molecule has 4 rings (SSSR count). The molecule has 1 aromatic carbocycles. The predicted octanol–water partition coefficient (Wildman–Crippen LogP) is 4.70. The number of aryl methyl sites for hydroxylation is 1. The van der Waals surface area contributed by atoms with Gasteiger partial charge in [0.15, 0.2) is 0 Å². The lowest BCUT2D eigenvalue weighted by atomic mass is 10.0. The Hall–Kier alpha value is -2.51. The number of hydrogen-bond donors (Lipinski definition) is 2. The number of benzene rings is 1. The van der Waals surface area contributed by atoms with Gasteiger partial charge in [-0.05, 0) is 75.1 Å². The third kappa shape index (κ3) is 5.40.